The van der Waals surface area contributed by atoms with E-state index >= 15 is 0 Å². The highest BCUT2D eigenvalue weighted by Crippen LogP contribution is 2.36. The van der Waals surface area contributed by atoms with Gasteiger partial charge in [0, 0.05) is 0 Å². The lowest BCUT2D eigenvalue weighted by atomic mass is 9.83. The summed E-state index contributed by atoms with van der Waals surface area (Å²) < 4.78 is 13.9. The summed E-state index contributed by atoms with van der Waals surface area (Å²) in [6.07, 6.45) is 3.65. The normalized spacial score (nSPS) is 21.2. The predicted octanol–water partition coefficient (Wildman–Crippen LogP) is 1.34. The van der Waals surface area contributed by atoms with Crippen molar-refractivity contribution in [2.45, 2.75) is 45.8 Å². The van der Waals surface area contributed by atoms with Gasteiger partial charge in [0.1, 0.15) is 0 Å². The quantitative estimate of drug-likeness (QED) is 0.725. The fraction of sp³-hybridized carbons (Fsp3) is 0.538. The minimum absolute atomic E-state index is 0.361. The molecule has 1 saturated heterocycles. The molecule has 0 aromatic carbocycles. The Morgan fingerprint density at radius 2 is 1.79 bits per heavy atom. The third-order valence-electron chi connectivity index (χ3n) is 4.02. The monoisotopic (exact) mass is 259 g/mol. The molecule has 3 heterocycles. The van der Waals surface area contributed by atoms with Crippen molar-refractivity contribution in [3.8, 4) is 0 Å². The number of rotatable bonds is 1. The number of hydrogen-bond donors (Lipinski definition) is 0. The van der Waals surface area contributed by atoms with Crippen LogP contribution in [0.15, 0.2) is 18.5 Å². The van der Waals surface area contributed by atoms with Gasteiger partial charge in [0.25, 0.3) is 0 Å². The second-order valence-corrected chi connectivity index (χ2v) is 6.02. The van der Waals surface area contributed by atoms with Crippen LogP contribution in [-0.2, 0) is 9.31 Å². The molecule has 0 saturated carbocycles. The number of aryl methyl sites for hydroxylation is 1. The van der Waals surface area contributed by atoms with Gasteiger partial charge >= 0.3 is 7.12 Å². The van der Waals surface area contributed by atoms with E-state index in [9.17, 15) is 0 Å². The van der Waals surface area contributed by atoms with Crippen LogP contribution in [0.3, 0.4) is 0 Å². The van der Waals surface area contributed by atoms with Crippen molar-refractivity contribution in [2.75, 3.05) is 0 Å². The first-order valence-corrected chi connectivity index (χ1v) is 6.47. The summed E-state index contributed by atoms with van der Waals surface area (Å²) in [6, 6.07) is 1.92. The molecule has 1 aliphatic heterocycles. The number of hydrogen-bond acceptors (Lipinski definition) is 4. The van der Waals surface area contributed by atoms with Gasteiger partial charge in [0.15, 0.2) is 0 Å². The molecular formula is C13H18BN3O2. The van der Waals surface area contributed by atoms with Gasteiger partial charge in [0.05, 0.1) is 40.4 Å². The Labute approximate surface area is 113 Å². The molecule has 0 spiro atoms. The molecule has 19 heavy (non-hydrogen) atoms. The summed E-state index contributed by atoms with van der Waals surface area (Å²) in [5.41, 5.74) is 1.88. The van der Waals surface area contributed by atoms with Crippen LogP contribution in [0.25, 0.3) is 5.52 Å². The summed E-state index contributed by atoms with van der Waals surface area (Å²) in [7, 11) is -0.455. The highest BCUT2D eigenvalue weighted by atomic mass is 16.7. The Bertz CT molecular complexity index is 620. The molecule has 2 aromatic heterocycles. The van der Waals surface area contributed by atoms with Crippen LogP contribution in [0.1, 0.15) is 33.4 Å². The zero-order chi connectivity index (χ0) is 13.8. The van der Waals surface area contributed by atoms with E-state index in [-0.39, 0.29) is 11.2 Å². The van der Waals surface area contributed by atoms with E-state index in [0.717, 1.165) is 16.8 Å². The second kappa shape index (κ2) is 3.80. The van der Waals surface area contributed by atoms with Gasteiger partial charge in [-0.15, -0.1) is 0 Å². The third-order valence-corrected chi connectivity index (χ3v) is 4.02. The molecule has 0 unspecified atom stereocenters. The van der Waals surface area contributed by atoms with Crippen LogP contribution in [0.2, 0.25) is 0 Å². The van der Waals surface area contributed by atoms with E-state index in [1.54, 1.807) is 6.20 Å². The maximum atomic E-state index is 6.06. The van der Waals surface area contributed by atoms with Crippen molar-refractivity contribution in [3.05, 3.63) is 24.2 Å². The second-order valence-electron chi connectivity index (χ2n) is 6.02. The lowest BCUT2D eigenvalue weighted by molar-refractivity contribution is 0.00578. The van der Waals surface area contributed by atoms with Gasteiger partial charge in [-0.25, -0.2) is 4.52 Å². The van der Waals surface area contributed by atoms with Crippen LogP contribution >= 0.6 is 0 Å². The number of aromatic nitrogens is 3. The molecule has 2 aromatic rings. The highest BCUT2D eigenvalue weighted by Gasteiger charge is 2.53. The standard InChI is InChI=1S/C13H18BN3O2/c1-9-8-17-10(6-7-15-17)11(16-9)14-18-12(2,3)13(4,5)19-14/h6-8H,1-5H3. The molecule has 1 fully saturated rings. The summed E-state index contributed by atoms with van der Waals surface area (Å²) in [5, 5.41) is 4.25. The largest absolute Gasteiger partial charge is 0.516 e. The summed E-state index contributed by atoms with van der Waals surface area (Å²) >= 11 is 0. The number of fused-ring (bicyclic) bond motifs is 1. The van der Waals surface area contributed by atoms with Gasteiger partial charge in [-0.1, -0.05) is 0 Å². The van der Waals surface area contributed by atoms with Gasteiger partial charge in [-0.3, -0.25) is 4.98 Å². The van der Waals surface area contributed by atoms with Crippen LogP contribution in [0.5, 0.6) is 0 Å². The van der Waals surface area contributed by atoms with Gasteiger partial charge in [-0.2, -0.15) is 5.10 Å². The lowest BCUT2D eigenvalue weighted by Gasteiger charge is -2.32. The zero-order valence-corrected chi connectivity index (χ0v) is 12.0. The van der Waals surface area contributed by atoms with E-state index in [1.807, 2.05) is 51.4 Å². The van der Waals surface area contributed by atoms with Crippen molar-refractivity contribution in [3.63, 3.8) is 0 Å². The maximum Gasteiger partial charge on any atom is 0.516 e. The molecule has 0 atom stereocenters. The zero-order valence-electron chi connectivity index (χ0n) is 12.0. The van der Waals surface area contributed by atoms with Crippen LogP contribution in [-0.4, -0.2) is 32.9 Å². The molecule has 1 aliphatic rings. The van der Waals surface area contributed by atoms with Gasteiger partial charge < -0.3 is 9.31 Å². The van der Waals surface area contributed by atoms with E-state index in [1.165, 1.54) is 0 Å². The van der Waals surface area contributed by atoms with Crippen LogP contribution in [0.4, 0.5) is 0 Å². The Balaban J connectivity index is 2.09. The highest BCUT2D eigenvalue weighted by molar-refractivity contribution is 6.63. The van der Waals surface area contributed by atoms with Crippen molar-refractivity contribution < 1.29 is 9.31 Å². The Kier molecular flexibility index (Phi) is 2.53. The molecule has 0 bridgehead atoms. The third kappa shape index (κ3) is 1.86. The average Bonchev–Trinajstić information content (AvgIpc) is 2.80. The summed E-state index contributed by atoms with van der Waals surface area (Å²) in [6.45, 7) is 10.1. The van der Waals surface area contributed by atoms with E-state index < -0.39 is 7.12 Å². The molecule has 0 amide bonds. The topological polar surface area (TPSA) is 48.7 Å². The Hall–Kier alpha value is -1.40. The Morgan fingerprint density at radius 1 is 1.16 bits per heavy atom. The average molecular weight is 259 g/mol. The van der Waals surface area contributed by atoms with Gasteiger partial charge in [-0.05, 0) is 40.7 Å². The van der Waals surface area contributed by atoms with Crippen molar-refractivity contribution in [2.24, 2.45) is 0 Å². The molecule has 6 heteroatoms. The van der Waals surface area contributed by atoms with E-state index in [4.69, 9.17) is 9.31 Å². The number of nitrogens with zero attached hydrogens (tertiary/aromatic N) is 3. The minimum Gasteiger partial charge on any atom is -0.398 e. The summed E-state index contributed by atoms with van der Waals surface area (Å²) in [5.74, 6) is 0. The van der Waals surface area contributed by atoms with Crippen molar-refractivity contribution >= 4 is 18.2 Å². The molecule has 0 N–H and O–H groups in total. The fourth-order valence-corrected chi connectivity index (χ4v) is 2.20. The fourth-order valence-electron chi connectivity index (χ4n) is 2.20. The van der Waals surface area contributed by atoms with Crippen LogP contribution < -0.4 is 5.59 Å². The first-order valence-electron chi connectivity index (χ1n) is 6.47. The first kappa shape index (κ1) is 12.6. The predicted molar refractivity (Wildman–Crippen MR) is 73.4 cm³/mol. The van der Waals surface area contributed by atoms with Crippen molar-refractivity contribution in [1.82, 2.24) is 14.6 Å². The molecule has 0 aliphatic carbocycles. The van der Waals surface area contributed by atoms with Crippen molar-refractivity contribution in [1.29, 1.82) is 0 Å². The molecule has 0 radical (unpaired) electrons. The lowest BCUT2D eigenvalue weighted by Crippen LogP contribution is -2.41. The summed E-state index contributed by atoms with van der Waals surface area (Å²) in [4.78, 5) is 4.58. The van der Waals surface area contributed by atoms with E-state index in [2.05, 4.69) is 10.1 Å². The molecule has 100 valence electrons. The molecule has 3 rings (SSSR count). The SMILES string of the molecule is Cc1cn2nccc2c(B2OC(C)(C)C(C)(C)O2)n1. The first-order chi connectivity index (χ1) is 8.80. The van der Waals surface area contributed by atoms with Crippen LogP contribution in [0, 0.1) is 6.92 Å². The Morgan fingerprint density at radius 3 is 2.42 bits per heavy atom. The smallest absolute Gasteiger partial charge is 0.398 e. The molecule has 5 nitrogen and oxygen atoms in total. The van der Waals surface area contributed by atoms with E-state index in [0.29, 0.717) is 0 Å². The van der Waals surface area contributed by atoms with Gasteiger partial charge in [0.2, 0.25) is 0 Å². The minimum atomic E-state index is -0.455. The molecular weight excluding hydrogens is 241 g/mol. The maximum absolute atomic E-state index is 6.06.